The molecule has 4 rings (SSSR count). The van der Waals surface area contributed by atoms with Gasteiger partial charge < -0.3 is 9.73 Å². The lowest BCUT2D eigenvalue weighted by molar-refractivity contribution is -0.115. The van der Waals surface area contributed by atoms with Gasteiger partial charge in [0, 0.05) is 8.35 Å². The number of carbonyl (C=O) groups excluding carboxylic acids is 1. The number of carbonyl (C=O) groups is 1. The maximum Gasteiger partial charge on any atom is 0.259 e. The molecule has 0 spiro atoms. The smallest absolute Gasteiger partial charge is 0.259 e. The fourth-order valence-corrected chi connectivity index (χ4v) is 3.55. The van der Waals surface area contributed by atoms with E-state index in [9.17, 15) is 4.79 Å². The van der Waals surface area contributed by atoms with Crippen molar-refractivity contribution in [2.75, 3.05) is 5.32 Å². The summed E-state index contributed by atoms with van der Waals surface area (Å²) < 4.78 is 5.46. The third-order valence-electron chi connectivity index (χ3n) is 3.89. The molecule has 1 amide bonds. The van der Waals surface area contributed by atoms with Crippen molar-refractivity contribution < 1.29 is 10.6 Å². The molecule has 0 aliphatic rings. The van der Waals surface area contributed by atoms with Crippen LogP contribution in [0.25, 0.3) is 21.5 Å². The van der Waals surface area contributed by atoms with Crippen LogP contribution in [0.5, 0.6) is 0 Å². The van der Waals surface area contributed by atoms with E-state index >= 15 is 0 Å². The van der Waals surface area contributed by atoms with Crippen LogP contribution in [0.15, 0.2) is 58.3 Å². The summed E-state index contributed by atoms with van der Waals surface area (Å²) in [6.07, 6.45) is 0.305. The van der Waals surface area contributed by atoms with Gasteiger partial charge in [0.25, 0.3) is 5.89 Å². The van der Waals surface area contributed by atoms with E-state index in [1.165, 1.54) is 11.3 Å². The third kappa shape index (κ3) is 3.16. The van der Waals surface area contributed by atoms with Gasteiger partial charge in [-0.05, 0) is 27.8 Å². The highest BCUT2D eigenvalue weighted by atomic mass is 32.1. The molecule has 126 valence electrons. The SMILES string of the molecule is Cc1nnc(-c2sccc2NC(=O)Cc2cccc3ccccc23)o1.[HH]. The number of amides is 1. The van der Waals surface area contributed by atoms with Gasteiger partial charge in [-0.3, -0.25) is 4.79 Å². The second-order valence-corrected chi connectivity index (χ2v) is 6.57. The monoisotopic (exact) mass is 351 g/mol. The zero-order valence-electron chi connectivity index (χ0n) is 13.5. The summed E-state index contributed by atoms with van der Waals surface area (Å²) in [5.74, 6) is 0.844. The molecule has 0 aliphatic heterocycles. The molecule has 0 saturated heterocycles. The average Bonchev–Trinajstić information content (AvgIpc) is 3.24. The molecule has 0 atom stereocenters. The molecule has 2 aromatic heterocycles. The maximum atomic E-state index is 12.5. The Bertz CT molecular complexity index is 1050. The Morgan fingerprint density at radius 3 is 2.84 bits per heavy atom. The summed E-state index contributed by atoms with van der Waals surface area (Å²) in [5, 5.41) is 14.9. The molecule has 2 aromatic carbocycles. The standard InChI is InChI=1S/C19H15N3O2S.H2/c1-12-21-22-19(24-12)18-16(9-10-25-18)20-17(23)11-14-7-4-6-13-5-2-3-8-15(13)14;/h2-10H,11H2,1H3,(H,20,23);1H. The summed E-state index contributed by atoms with van der Waals surface area (Å²) in [6, 6.07) is 15.9. The Morgan fingerprint density at radius 2 is 2.00 bits per heavy atom. The zero-order valence-corrected chi connectivity index (χ0v) is 14.3. The van der Waals surface area contributed by atoms with E-state index in [1.54, 1.807) is 6.92 Å². The second-order valence-electron chi connectivity index (χ2n) is 5.65. The van der Waals surface area contributed by atoms with Crippen LogP contribution in [-0.2, 0) is 11.2 Å². The number of rotatable bonds is 4. The van der Waals surface area contributed by atoms with Crippen LogP contribution < -0.4 is 5.32 Å². The summed E-state index contributed by atoms with van der Waals surface area (Å²) in [5.41, 5.74) is 1.69. The van der Waals surface area contributed by atoms with Crippen molar-refractivity contribution in [1.82, 2.24) is 10.2 Å². The number of aromatic nitrogens is 2. The first kappa shape index (κ1) is 15.5. The first-order valence-electron chi connectivity index (χ1n) is 7.85. The van der Waals surface area contributed by atoms with Crippen molar-refractivity contribution >= 4 is 33.7 Å². The lowest BCUT2D eigenvalue weighted by Gasteiger charge is -2.08. The zero-order chi connectivity index (χ0) is 17.2. The highest BCUT2D eigenvalue weighted by Crippen LogP contribution is 2.32. The molecule has 0 saturated carbocycles. The lowest BCUT2D eigenvalue weighted by Crippen LogP contribution is -2.14. The predicted octanol–water partition coefficient (Wildman–Crippen LogP) is 4.69. The molecule has 0 bridgehead atoms. The summed E-state index contributed by atoms with van der Waals surface area (Å²) in [4.78, 5) is 13.3. The van der Waals surface area contributed by atoms with Crippen LogP contribution in [0.4, 0.5) is 5.69 Å². The van der Waals surface area contributed by atoms with E-state index in [4.69, 9.17) is 4.42 Å². The number of hydrogen-bond donors (Lipinski definition) is 1. The minimum atomic E-state index is -0.0766. The molecule has 4 aromatic rings. The first-order chi connectivity index (χ1) is 12.2. The molecule has 0 aliphatic carbocycles. The first-order valence-corrected chi connectivity index (χ1v) is 8.73. The average molecular weight is 351 g/mol. The van der Waals surface area contributed by atoms with E-state index in [1.807, 2.05) is 53.9 Å². The van der Waals surface area contributed by atoms with Gasteiger partial charge in [-0.15, -0.1) is 21.5 Å². The number of anilines is 1. The molecule has 1 N–H and O–H groups in total. The number of aryl methyl sites for hydroxylation is 1. The second kappa shape index (κ2) is 6.49. The van der Waals surface area contributed by atoms with Crippen LogP contribution >= 0.6 is 11.3 Å². The van der Waals surface area contributed by atoms with Gasteiger partial charge in [-0.25, -0.2) is 0 Å². The van der Waals surface area contributed by atoms with Gasteiger partial charge in [0.1, 0.15) is 4.88 Å². The number of benzene rings is 2. The third-order valence-corrected chi connectivity index (χ3v) is 4.79. The summed E-state index contributed by atoms with van der Waals surface area (Å²) in [7, 11) is 0. The minimum absolute atomic E-state index is 0. The van der Waals surface area contributed by atoms with Crippen LogP contribution in [0.2, 0.25) is 0 Å². The molecule has 5 nitrogen and oxygen atoms in total. The molecular weight excluding hydrogens is 334 g/mol. The Morgan fingerprint density at radius 1 is 1.16 bits per heavy atom. The van der Waals surface area contributed by atoms with Crippen LogP contribution in [0, 0.1) is 6.92 Å². The number of fused-ring (bicyclic) bond motifs is 1. The number of hydrogen-bond acceptors (Lipinski definition) is 5. The largest absolute Gasteiger partial charge is 0.420 e. The Hall–Kier alpha value is -2.99. The van der Waals surface area contributed by atoms with E-state index in [0.29, 0.717) is 23.9 Å². The predicted molar refractivity (Wildman–Crippen MR) is 101 cm³/mol. The number of nitrogens with zero attached hydrogens (tertiary/aromatic N) is 2. The Balaban J connectivity index is 0.00000196. The molecule has 25 heavy (non-hydrogen) atoms. The van der Waals surface area contributed by atoms with Gasteiger partial charge in [0.15, 0.2) is 0 Å². The number of nitrogens with one attached hydrogen (secondary N) is 1. The Labute approximate surface area is 149 Å². The number of thiophene rings is 1. The van der Waals surface area contributed by atoms with Gasteiger partial charge in [0.2, 0.25) is 11.8 Å². The van der Waals surface area contributed by atoms with Gasteiger partial charge in [0.05, 0.1) is 12.1 Å². The van der Waals surface area contributed by atoms with Crippen molar-refractivity contribution in [3.63, 3.8) is 0 Å². The van der Waals surface area contributed by atoms with E-state index in [2.05, 4.69) is 15.5 Å². The molecule has 0 unspecified atom stereocenters. The van der Waals surface area contributed by atoms with E-state index in [0.717, 1.165) is 21.2 Å². The highest BCUT2D eigenvalue weighted by molar-refractivity contribution is 7.14. The molecule has 0 radical (unpaired) electrons. The fraction of sp³-hybridized carbons (Fsp3) is 0.105. The van der Waals surface area contributed by atoms with Crippen LogP contribution in [-0.4, -0.2) is 16.1 Å². The van der Waals surface area contributed by atoms with Crippen molar-refractivity contribution in [2.45, 2.75) is 13.3 Å². The quantitative estimate of drug-likeness (QED) is 0.579. The minimum Gasteiger partial charge on any atom is -0.420 e. The van der Waals surface area contributed by atoms with Gasteiger partial charge >= 0.3 is 0 Å². The molecule has 0 fully saturated rings. The molecule has 6 heteroatoms. The Kier molecular flexibility index (Phi) is 4.03. The van der Waals surface area contributed by atoms with Crippen molar-refractivity contribution in [2.24, 2.45) is 0 Å². The van der Waals surface area contributed by atoms with Crippen LogP contribution in [0.1, 0.15) is 12.9 Å². The van der Waals surface area contributed by atoms with Gasteiger partial charge in [-0.1, -0.05) is 42.5 Å². The van der Waals surface area contributed by atoms with Crippen molar-refractivity contribution in [3.05, 3.63) is 65.4 Å². The van der Waals surface area contributed by atoms with Crippen LogP contribution in [0.3, 0.4) is 0 Å². The fourth-order valence-electron chi connectivity index (χ4n) is 2.78. The molecular formula is C19H17N3O2S. The van der Waals surface area contributed by atoms with E-state index < -0.39 is 0 Å². The lowest BCUT2D eigenvalue weighted by atomic mass is 10.0. The van der Waals surface area contributed by atoms with Crippen molar-refractivity contribution in [1.29, 1.82) is 0 Å². The topological polar surface area (TPSA) is 68.0 Å². The summed E-state index contributed by atoms with van der Waals surface area (Å²) >= 11 is 1.46. The maximum absolute atomic E-state index is 12.5. The normalized spacial score (nSPS) is 10.9. The molecule has 2 heterocycles. The van der Waals surface area contributed by atoms with Gasteiger partial charge in [-0.2, -0.15) is 0 Å². The van der Waals surface area contributed by atoms with E-state index in [-0.39, 0.29) is 7.33 Å². The highest BCUT2D eigenvalue weighted by Gasteiger charge is 2.15. The summed E-state index contributed by atoms with van der Waals surface area (Å²) in [6.45, 7) is 1.74. The van der Waals surface area contributed by atoms with Crippen molar-refractivity contribution in [3.8, 4) is 10.8 Å².